The Morgan fingerprint density at radius 2 is 1.00 bits per heavy atom. The number of carbonyl (C=O) groups is 2. The van der Waals surface area contributed by atoms with Crippen LogP contribution in [0.2, 0.25) is 0 Å². The van der Waals surface area contributed by atoms with Gasteiger partial charge in [-0.1, -0.05) is 0 Å². The Bertz CT molecular complexity index is 573. The summed E-state index contributed by atoms with van der Waals surface area (Å²) in [5.74, 6) is -1.78. The number of hydrogen-bond acceptors (Lipinski definition) is 2. The lowest BCUT2D eigenvalue weighted by Crippen LogP contribution is -3.00. The van der Waals surface area contributed by atoms with Gasteiger partial charge in [-0.05, 0) is 11.1 Å². The number of carboxylic acid groups (broad SMARTS) is 2. The Morgan fingerprint density at radius 3 is 1.23 bits per heavy atom. The molecular weight excluding hydrogens is 420 g/mol. The summed E-state index contributed by atoms with van der Waals surface area (Å²) >= 11 is 0. The van der Waals surface area contributed by atoms with E-state index in [1.54, 1.807) is 33.9 Å². The van der Waals surface area contributed by atoms with Gasteiger partial charge in [-0.15, -0.1) is 0 Å². The Balaban J connectivity index is 0.00000220. The van der Waals surface area contributed by atoms with Crippen LogP contribution in [0, 0.1) is 0 Å². The fourth-order valence-electron chi connectivity index (χ4n) is 1.82. The van der Waals surface area contributed by atoms with Crippen LogP contribution in [0.3, 0.4) is 0 Å². The smallest absolute Gasteiger partial charge is 0.370 e. The van der Waals surface area contributed by atoms with Gasteiger partial charge < -0.3 is 44.2 Å². The molecule has 2 N–H and O–H groups in total. The van der Waals surface area contributed by atoms with Crippen LogP contribution in [0.4, 0.5) is 0 Å². The van der Waals surface area contributed by atoms with E-state index in [4.69, 9.17) is 10.2 Å². The van der Waals surface area contributed by atoms with Crippen molar-refractivity contribution in [3.8, 4) is 11.1 Å². The first kappa shape index (κ1) is 20.2. The second-order valence-electron chi connectivity index (χ2n) is 4.31. The lowest BCUT2D eigenvalue weighted by atomic mass is 10.1. The highest BCUT2D eigenvalue weighted by molar-refractivity contribution is 5.65. The molecule has 2 aromatic rings. The molecule has 0 bridgehead atoms. The molecule has 8 heteroatoms. The van der Waals surface area contributed by atoms with Crippen LogP contribution in [0.25, 0.3) is 11.1 Å². The predicted octanol–water partition coefficient (Wildman–Crippen LogP) is -5.89. The topological polar surface area (TPSA) is 82.4 Å². The second-order valence-corrected chi connectivity index (χ2v) is 4.31. The lowest BCUT2D eigenvalue weighted by molar-refractivity contribution is -0.686. The zero-order chi connectivity index (χ0) is 14.5. The van der Waals surface area contributed by atoms with Crippen LogP contribution in [0.5, 0.6) is 0 Å². The van der Waals surface area contributed by atoms with Gasteiger partial charge >= 0.3 is 11.9 Å². The number of aliphatic carboxylic acids is 2. The van der Waals surface area contributed by atoms with E-state index >= 15 is 0 Å². The van der Waals surface area contributed by atoms with Gasteiger partial charge in [-0.2, -0.15) is 9.13 Å². The van der Waals surface area contributed by atoms with Crippen LogP contribution >= 0.6 is 0 Å². The minimum absolute atomic E-state index is 0. The van der Waals surface area contributed by atoms with E-state index in [1.807, 2.05) is 24.3 Å². The molecule has 0 aromatic carbocycles. The van der Waals surface area contributed by atoms with E-state index in [-0.39, 0.29) is 47.1 Å². The quantitative estimate of drug-likeness (QED) is 0.460. The molecule has 0 fully saturated rings. The first-order chi connectivity index (χ1) is 9.54. The lowest BCUT2D eigenvalue weighted by Gasteiger charge is -2.00. The van der Waals surface area contributed by atoms with E-state index in [2.05, 4.69) is 0 Å². The van der Waals surface area contributed by atoms with Crippen molar-refractivity contribution in [2.45, 2.75) is 13.1 Å². The van der Waals surface area contributed by atoms with Gasteiger partial charge in [-0.3, -0.25) is 0 Å². The van der Waals surface area contributed by atoms with Crippen molar-refractivity contribution in [2.75, 3.05) is 0 Å². The molecule has 6 nitrogen and oxygen atoms in total. The number of rotatable bonds is 5. The highest BCUT2D eigenvalue weighted by Gasteiger charge is 2.09. The summed E-state index contributed by atoms with van der Waals surface area (Å²) < 4.78 is 3.14. The van der Waals surface area contributed by atoms with E-state index in [0.717, 1.165) is 11.1 Å². The standard InChI is InChI=1S/C14H12N2O4.2BrH/c17-13(18)9-15-5-1-11(2-6-15)12-3-7-16(8-4-12)10-14(19)20;;/h1-8H,9-10H2;2*1H. The third-order valence-corrected chi connectivity index (χ3v) is 2.75. The maximum absolute atomic E-state index is 10.6. The third-order valence-electron chi connectivity index (χ3n) is 2.75. The molecule has 0 aliphatic heterocycles. The van der Waals surface area contributed by atoms with Crippen LogP contribution in [0.15, 0.2) is 49.1 Å². The minimum Gasteiger partial charge on any atom is -1.00 e. The highest BCUT2D eigenvalue weighted by atomic mass is 79.9. The van der Waals surface area contributed by atoms with Crippen molar-refractivity contribution in [3.63, 3.8) is 0 Å². The molecule has 0 aliphatic rings. The van der Waals surface area contributed by atoms with E-state index in [0.29, 0.717) is 0 Å². The van der Waals surface area contributed by atoms with Crippen LogP contribution in [-0.4, -0.2) is 22.2 Å². The van der Waals surface area contributed by atoms with Crippen molar-refractivity contribution in [3.05, 3.63) is 49.1 Å². The molecule has 0 saturated carbocycles. The Labute approximate surface area is 148 Å². The normalized spacial score (nSPS) is 9.27. The molecule has 2 rings (SSSR count). The van der Waals surface area contributed by atoms with Crippen molar-refractivity contribution in [1.82, 2.24) is 0 Å². The Hall–Kier alpha value is -1.80. The van der Waals surface area contributed by atoms with Crippen LogP contribution < -0.4 is 43.1 Å². The predicted molar refractivity (Wildman–Crippen MR) is 67.5 cm³/mol. The third kappa shape index (κ3) is 5.90. The van der Waals surface area contributed by atoms with E-state index in [1.165, 1.54) is 0 Å². The van der Waals surface area contributed by atoms with Crippen LogP contribution in [0.1, 0.15) is 0 Å². The first-order valence-corrected chi connectivity index (χ1v) is 5.97. The van der Waals surface area contributed by atoms with Crippen LogP contribution in [-0.2, 0) is 22.7 Å². The molecule has 2 heterocycles. The molecule has 2 aromatic heterocycles. The van der Waals surface area contributed by atoms with Gasteiger partial charge in [0.05, 0.1) is 0 Å². The van der Waals surface area contributed by atoms with Crippen molar-refractivity contribution in [1.29, 1.82) is 0 Å². The molecule has 0 atom stereocenters. The van der Waals surface area contributed by atoms with E-state index < -0.39 is 11.9 Å². The second kappa shape index (κ2) is 9.26. The maximum atomic E-state index is 10.6. The Kier molecular flexibility index (Phi) is 8.51. The average molecular weight is 434 g/mol. The van der Waals surface area contributed by atoms with Gasteiger partial charge in [0.15, 0.2) is 24.8 Å². The molecule has 0 saturated heterocycles. The van der Waals surface area contributed by atoms with Crippen molar-refractivity contribution < 1.29 is 62.9 Å². The SMILES string of the molecule is O=C(O)C[n+]1ccc(-c2cc[n+](CC(=O)O)cc2)cc1.[Br-].[Br-]. The molecular formula is C14H14Br2N2O4. The summed E-state index contributed by atoms with van der Waals surface area (Å²) in [5, 5.41) is 17.4. The summed E-state index contributed by atoms with van der Waals surface area (Å²) in [6, 6.07) is 7.28. The average Bonchev–Trinajstić information content (AvgIpc) is 2.39. The van der Waals surface area contributed by atoms with Gasteiger partial charge in [0.25, 0.3) is 0 Å². The fraction of sp³-hybridized carbons (Fsp3) is 0.143. The Morgan fingerprint density at radius 1 is 0.727 bits per heavy atom. The molecule has 0 aliphatic carbocycles. The zero-order valence-electron chi connectivity index (χ0n) is 11.4. The summed E-state index contributed by atoms with van der Waals surface area (Å²) in [6.07, 6.45) is 6.78. The summed E-state index contributed by atoms with van der Waals surface area (Å²) in [6.45, 7) is -0.151. The van der Waals surface area contributed by atoms with Crippen molar-refractivity contribution in [2.24, 2.45) is 0 Å². The number of pyridine rings is 2. The van der Waals surface area contributed by atoms with Gasteiger partial charge in [0.1, 0.15) is 0 Å². The number of hydrogen-bond donors (Lipinski definition) is 2. The molecule has 0 unspecified atom stereocenters. The molecule has 0 amide bonds. The summed E-state index contributed by atoms with van der Waals surface area (Å²) in [4.78, 5) is 21.2. The molecule has 0 spiro atoms. The van der Waals surface area contributed by atoms with Gasteiger partial charge in [0.2, 0.25) is 13.1 Å². The zero-order valence-corrected chi connectivity index (χ0v) is 14.6. The molecule has 118 valence electrons. The number of nitrogens with zero attached hydrogens (tertiary/aromatic N) is 2. The van der Waals surface area contributed by atoms with Gasteiger partial charge in [-0.25, -0.2) is 9.59 Å². The summed E-state index contributed by atoms with van der Waals surface area (Å²) in [7, 11) is 0. The highest BCUT2D eigenvalue weighted by Crippen LogP contribution is 2.15. The molecule has 22 heavy (non-hydrogen) atoms. The maximum Gasteiger partial charge on any atom is 0.370 e. The minimum atomic E-state index is -0.892. The number of halogens is 2. The van der Waals surface area contributed by atoms with E-state index in [9.17, 15) is 9.59 Å². The molecule has 0 radical (unpaired) electrons. The monoisotopic (exact) mass is 432 g/mol. The largest absolute Gasteiger partial charge is 1.00 e. The summed E-state index contributed by atoms with van der Waals surface area (Å²) in [5.41, 5.74) is 1.88. The first-order valence-electron chi connectivity index (χ1n) is 5.97. The number of aromatic nitrogens is 2. The van der Waals surface area contributed by atoms with Gasteiger partial charge in [0, 0.05) is 24.3 Å². The fourth-order valence-corrected chi connectivity index (χ4v) is 1.82. The number of carboxylic acids is 2. The van der Waals surface area contributed by atoms with Crippen molar-refractivity contribution >= 4 is 11.9 Å².